The number of halogens is 1. The predicted molar refractivity (Wildman–Crippen MR) is 76.9 cm³/mol. The average molecular weight is 309 g/mol. The molecule has 0 fully saturated rings. The Kier molecular flexibility index (Phi) is 4.53. The zero-order chi connectivity index (χ0) is 13.0. The SMILES string of the molecule is CCCC(CC)Oc1ncc2cc(Br)ccc2n1. The number of ether oxygens (including phenoxy) is 1. The van der Waals surface area contributed by atoms with Crippen molar-refractivity contribution in [2.24, 2.45) is 0 Å². The second kappa shape index (κ2) is 6.14. The number of rotatable bonds is 5. The third-order valence-corrected chi connectivity index (χ3v) is 3.35. The van der Waals surface area contributed by atoms with Gasteiger partial charge in [0.1, 0.15) is 6.10 Å². The lowest BCUT2D eigenvalue weighted by Crippen LogP contribution is -2.16. The fourth-order valence-electron chi connectivity index (χ4n) is 1.86. The van der Waals surface area contributed by atoms with Crippen LogP contribution in [-0.2, 0) is 0 Å². The van der Waals surface area contributed by atoms with Gasteiger partial charge in [-0.25, -0.2) is 4.98 Å². The van der Waals surface area contributed by atoms with Gasteiger partial charge in [-0.15, -0.1) is 0 Å². The van der Waals surface area contributed by atoms with Gasteiger partial charge in [-0.05, 0) is 31.0 Å². The molecule has 0 bridgehead atoms. The molecule has 18 heavy (non-hydrogen) atoms. The molecule has 1 unspecified atom stereocenters. The Balaban J connectivity index is 2.21. The number of nitrogens with zero attached hydrogens (tertiary/aromatic N) is 2. The van der Waals surface area contributed by atoms with E-state index in [2.05, 4.69) is 39.7 Å². The lowest BCUT2D eigenvalue weighted by molar-refractivity contribution is 0.170. The van der Waals surface area contributed by atoms with Gasteiger partial charge in [0.15, 0.2) is 0 Å². The van der Waals surface area contributed by atoms with Crippen molar-refractivity contribution in [2.45, 2.75) is 39.2 Å². The van der Waals surface area contributed by atoms with E-state index in [9.17, 15) is 0 Å². The lowest BCUT2D eigenvalue weighted by Gasteiger charge is -2.15. The molecule has 0 saturated heterocycles. The third kappa shape index (κ3) is 3.19. The maximum absolute atomic E-state index is 5.81. The minimum Gasteiger partial charge on any atom is -0.460 e. The molecule has 2 aromatic rings. The van der Waals surface area contributed by atoms with Crippen molar-refractivity contribution in [3.05, 3.63) is 28.9 Å². The largest absolute Gasteiger partial charge is 0.460 e. The summed E-state index contributed by atoms with van der Waals surface area (Å²) in [6.45, 7) is 4.28. The van der Waals surface area contributed by atoms with Gasteiger partial charge in [-0.2, -0.15) is 4.98 Å². The number of benzene rings is 1. The van der Waals surface area contributed by atoms with Crippen LogP contribution in [0.4, 0.5) is 0 Å². The molecule has 1 heterocycles. The van der Waals surface area contributed by atoms with E-state index in [-0.39, 0.29) is 6.10 Å². The van der Waals surface area contributed by atoms with Crippen LogP contribution >= 0.6 is 15.9 Å². The van der Waals surface area contributed by atoms with Gasteiger partial charge in [0.2, 0.25) is 0 Å². The summed E-state index contributed by atoms with van der Waals surface area (Å²) in [6.07, 6.45) is 5.15. The number of aromatic nitrogens is 2. The summed E-state index contributed by atoms with van der Waals surface area (Å²) in [6, 6.07) is 6.42. The van der Waals surface area contributed by atoms with Crippen LogP contribution in [0.5, 0.6) is 6.01 Å². The van der Waals surface area contributed by atoms with Crippen LogP contribution in [0.3, 0.4) is 0 Å². The zero-order valence-electron chi connectivity index (χ0n) is 10.7. The summed E-state index contributed by atoms with van der Waals surface area (Å²) in [5.41, 5.74) is 0.912. The Hall–Kier alpha value is -1.16. The van der Waals surface area contributed by atoms with Crippen molar-refractivity contribution in [3.63, 3.8) is 0 Å². The second-order valence-corrected chi connectivity index (χ2v) is 5.21. The van der Waals surface area contributed by atoms with E-state index in [1.165, 1.54) is 0 Å². The molecule has 3 nitrogen and oxygen atoms in total. The van der Waals surface area contributed by atoms with Crippen molar-refractivity contribution in [1.29, 1.82) is 0 Å². The molecule has 0 radical (unpaired) electrons. The van der Waals surface area contributed by atoms with Crippen LogP contribution < -0.4 is 4.74 Å². The van der Waals surface area contributed by atoms with Gasteiger partial charge in [0.05, 0.1) is 5.52 Å². The Morgan fingerprint density at radius 2 is 2.17 bits per heavy atom. The summed E-state index contributed by atoms with van der Waals surface area (Å²) in [7, 11) is 0. The van der Waals surface area contributed by atoms with Gasteiger partial charge in [-0.1, -0.05) is 36.2 Å². The quantitative estimate of drug-likeness (QED) is 0.823. The Labute approximate surface area is 116 Å². The predicted octanol–water partition coefficient (Wildman–Crippen LogP) is 4.35. The summed E-state index contributed by atoms with van der Waals surface area (Å²) in [4.78, 5) is 8.70. The summed E-state index contributed by atoms with van der Waals surface area (Å²) < 4.78 is 6.84. The molecule has 0 aliphatic carbocycles. The number of hydrogen-bond acceptors (Lipinski definition) is 3. The molecule has 2 rings (SSSR count). The van der Waals surface area contributed by atoms with Gasteiger partial charge >= 0.3 is 6.01 Å². The molecule has 0 aliphatic heterocycles. The highest BCUT2D eigenvalue weighted by Gasteiger charge is 2.09. The standard InChI is InChI=1S/C14H17BrN2O/c1-3-5-12(4-2)18-14-16-9-10-8-11(15)6-7-13(10)17-14/h6-9,12H,3-5H2,1-2H3. The van der Waals surface area contributed by atoms with Gasteiger partial charge in [0, 0.05) is 16.1 Å². The number of hydrogen-bond donors (Lipinski definition) is 0. The van der Waals surface area contributed by atoms with Gasteiger partial charge in [0.25, 0.3) is 0 Å². The molecular formula is C14H17BrN2O. The first kappa shape index (κ1) is 13.3. The molecule has 0 spiro atoms. The lowest BCUT2D eigenvalue weighted by atomic mass is 10.2. The smallest absolute Gasteiger partial charge is 0.317 e. The third-order valence-electron chi connectivity index (χ3n) is 2.86. The monoisotopic (exact) mass is 308 g/mol. The van der Waals surface area contributed by atoms with Crippen LogP contribution in [0.15, 0.2) is 28.9 Å². The van der Waals surface area contributed by atoms with Crippen LogP contribution in [0.25, 0.3) is 10.9 Å². The fraction of sp³-hybridized carbons (Fsp3) is 0.429. The van der Waals surface area contributed by atoms with Crippen molar-refractivity contribution < 1.29 is 4.74 Å². The Morgan fingerprint density at radius 1 is 1.33 bits per heavy atom. The Bertz CT molecular complexity index is 530. The van der Waals surface area contributed by atoms with E-state index < -0.39 is 0 Å². The minimum absolute atomic E-state index is 0.211. The van der Waals surface area contributed by atoms with Crippen LogP contribution in [0.2, 0.25) is 0 Å². The molecule has 0 aliphatic rings. The Morgan fingerprint density at radius 3 is 2.89 bits per heavy atom. The first-order valence-electron chi connectivity index (χ1n) is 6.32. The number of fused-ring (bicyclic) bond motifs is 1. The summed E-state index contributed by atoms with van der Waals surface area (Å²) in [5.74, 6) is 0. The maximum atomic E-state index is 5.81. The zero-order valence-corrected chi connectivity index (χ0v) is 12.3. The van der Waals surface area contributed by atoms with E-state index in [0.29, 0.717) is 6.01 Å². The van der Waals surface area contributed by atoms with E-state index in [1.54, 1.807) is 6.20 Å². The van der Waals surface area contributed by atoms with Gasteiger partial charge < -0.3 is 4.74 Å². The normalized spacial score (nSPS) is 12.6. The van der Waals surface area contributed by atoms with Crippen LogP contribution in [-0.4, -0.2) is 16.1 Å². The molecule has 0 saturated carbocycles. The molecule has 0 amide bonds. The van der Waals surface area contributed by atoms with Crippen molar-refractivity contribution in [2.75, 3.05) is 0 Å². The highest BCUT2D eigenvalue weighted by atomic mass is 79.9. The fourth-order valence-corrected chi connectivity index (χ4v) is 2.24. The molecule has 4 heteroatoms. The molecule has 0 N–H and O–H groups in total. The van der Waals surface area contributed by atoms with E-state index >= 15 is 0 Å². The second-order valence-electron chi connectivity index (χ2n) is 4.29. The summed E-state index contributed by atoms with van der Waals surface area (Å²) in [5, 5.41) is 1.01. The van der Waals surface area contributed by atoms with Crippen molar-refractivity contribution in [1.82, 2.24) is 9.97 Å². The highest BCUT2D eigenvalue weighted by molar-refractivity contribution is 9.10. The molecule has 1 aromatic heterocycles. The van der Waals surface area contributed by atoms with Crippen LogP contribution in [0.1, 0.15) is 33.1 Å². The molecular weight excluding hydrogens is 292 g/mol. The topological polar surface area (TPSA) is 35.0 Å². The maximum Gasteiger partial charge on any atom is 0.317 e. The first-order valence-corrected chi connectivity index (χ1v) is 7.11. The van der Waals surface area contributed by atoms with Crippen molar-refractivity contribution in [3.8, 4) is 6.01 Å². The van der Waals surface area contributed by atoms with Crippen molar-refractivity contribution >= 4 is 26.8 Å². The van der Waals surface area contributed by atoms with E-state index in [4.69, 9.17) is 4.74 Å². The van der Waals surface area contributed by atoms with Crippen LogP contribution in [0, 0.1) is 0 Å². The minimum atomic E-state index is 0.211. The molecule has 96 valence electrons. The summed E-state index contributed by atoms with van der Waals surface area (Å²) >= 11 is 3.44. The molecule has 1 aromatic carbocycles. The average Bonchev–Trinajstić information content (AvgIpc) is 2.38. The highest BCUT2D eigenvalue weighted by Crippen LogP contribution is 2.20. The first-order chi connectivity index (χ1) is 8.72. The van der Waals surface area contributed by atoms with Gasteiger partial charge in [-0.3, -0.25) is 0 Å². The molecule has 1 atom stereocenters. The van der Waals surface area contributed by atoms with E-state index in [0.717, 1.165) is 34.6 Å². The van der Waals surface area contributed by atoms with E-state index in [1.807, 2.05) is 18.2 Å².